The Kier molecular flexibility index (Phi) is 4.51. The van der Waals surface area contributed by atoms with Crippen molar-refractivity contribution in [2.45, 2.75) is 39.3 Å². The van der Waals surface area contributed by atoms with Crippen molar-refractivity contribution in [3.8, 4) is 0 Å². The zero-order valence-corrected chi connectivity index (χ0v) is 10.9. The lowest BCUT2D eigenvalue weighted by Crippen LogP contribution is -2.37. The Balaban J connectivity index is 1.75. The molecule has 1 unspecified atom stereocenters. The summed E-state index contributed by atoms with van der Waals surface area (Å²) in [5, 5.41) is 3.58. The summed E-state index contributed by atoms with van der Waals surface area (Å²) in [6.07, 6.45) is 4.59. The molecule has 2 rings (SSSR count). The first-order chi connectivity index (χ1) is 8.25. The summed E-state index contributed by atoms with van der Waals surface area (Å²) in [6, 6.07) is 4.71. The second-order valence-corrected chi connectivity index (χ2v) is 5.04. The third-order valence-corrected chi connectivity index (χ3v) is 3.49. The van der Waals surface area contributed by atoms with Gasteiger partial charge in [-0.05, 0) is 51.4 Å². The van der Waals surface area contributed by atoms with Gasteiger partial charge in [0, 0.05) is 31.0 Å². The maximum atomic E-state index is 4.31. The van der Waals surface area contributed by atoms with E-state index in [2.05, 4.69) is 35.1 Å². The van der Waals surface area contributed by atoms with Crippen LogP contribution in [0.3, 0.4) is 0 Å². The fourth-order valence-electron chi connectivity index (χ4n) is 2.41. The van der Waals surface area contributed by atoms with E-state index in [1.165, 1.54) is 38.0 Å². The molecule has 1 atom stereocenters. The van der Waals surface area contributed by atoms with Gasteiger partial charge in [0.1, 0.15) is 0 Å². The molecule has 17 heavy (non-hydrogen) atoms. The third-order valence-electron chi connectivity index (χ3n) is 3.49. The van der Waals surface area contributed by atoms with Crippen LogP contribution in [0.4, 0.5) is 0 Å². The Morgan fingerprint density at radius 2 is 2.18 bits per heavy atom. The van der Waals surface area contributed by atoms with Crippen LogP contribution in [0.2, 0.25) is 0 Å². The quantitative estimate of drug-likeness (QED) is 0.842. The lowest BCUT2D eigenvalue weighted by molar-refractivity contribution is 0.298. The maximum absolute atomic E-state index is 4.31. The van der Waals surface area contributed by atoms with Gasteiger partial charge < -0.3 is 10.2 Å². The van der Waals surface area contributed by atoms with E-state index in [1.54, 1.807) is 0 Å². The number of nitrogens with zero attached hydrogens (tertiary/aromatic N) is 2. The van der Waals surface area contributed by atoms with Crippen LogP contribution in [0.15, 0.2) is 18.3 Å². The Bertz CT molecular complexity index is 345. The number of pyridine rings is 1. The molecule has 0 spiro atoms. The van der Waals surface area contributed by atoms with E-state index < -0.39 is 0 Å². The van der Waals surface area contributed by atoms with Crippen LogP contribution in [-0.2, 0) is 6.54 Å². The van der Waals surface area contributed by atoms with Crippen molar-refractivity contribution in [1.29, 1.82) is 0 Å². The molecular formula is C14H23N3. The second kappa shape index (κ2) is 6.12. The van der Waals surface area contributed by atoms with Crippen molar-refractivity contribution in [2.75, 3.05) is 19.6 Å². The van der Waals surface area contributed by atoms with E-state index in [0.717, 1.165) is 12.2 Å². The van der Waals surface area contributed by atoms with Gasteiger partial charge in [0.15, 0.2) is 0 Å². The highest BCUT2D eigenvalue weighted by molar-refractivity contribution is 5.17. The zero-order valence-electron chi connectivity index (χ0n) is 10.9. The van der Waals surface area contributed by atoms with E-state index in [9.17, 15) is 0 Å². The van der Waals surface area contributed by atoms with E-state index in [4.69, 9.17) is 0 Å². The number of aryl methyl sites for hydroxylation is 1. The first-order valence-corrected chi connectivity index (χ1v) is 6.62. The molecule has 1 saturated heterocycles. The van der Waals surface area contributed by atoms with E-state index in [1.807, 2.05) is 12.3 Å². The zero-order chi connectivity index (χ0) is 12.1. The predicted molar refractivity (Wildman–Crippen MR) is 70.9 cm³/mol. The Hall–Kier alpha value is -0.930. The molecule has 0 saturated carbocycles. The van der Waals surface area contributed by atoms with Crippen LogP contribution in [0.5, 0.6) is 0 Å². The number of rotatable bonds is 5. The maximum Gasteiger partial charge on any atom is 0.0417 e. The van der Waals surface area contributed by atoms with Crippen molar-refractivity contribution in [2.24, 2.45) is 0 Å². The summed E-state index contributed by atoms with van der Waals surface area (Å²) in [5.41, 5.74) is 2.44. The highest BCUT2D eigenvalue weighted by Crippen LogP contribution is 2.08. The lowest BCUT2D eigenvalue weighted by atomic mass is 10.2. The van der Waals surface area contributed by atoms with E-state index in [0.29, 0.717) is 6.04 Å². The molecular weight excluding hydrogens is 210 g/mol. The normalized spacial score (nSPS) is 18.5. The average Bonchev–Trinajstić information content (AvgIpc) is 2.81. The Labute approximate surface area is 104 Å². The molecule has 1 aliphatic heterocycles. The van der Waals surface area contributed by atoms with Gasteiger partial charge in [-0.2, -0.15) is 0 Å². The summed E-state index contributed by atoms with van der Waals surface area (Å²) in [5.74, 6) is 0. The van der Waals surface area contributed by atoms with Crippen molar-refractivity contribution >= 4 is 0 Å². The van der Waals surface area contributed by atoms with Crippen LogP contribution in [0.1, 0.15) is 31.0 Å². The largest absolute Gasteiger partial charge is 0.309 e. The van der Waals surface area contributed by atoms with Gasteiger partial charge in [-0.1, -0.05) is 6.07 Å². The second-order valence-electron chi connectivity index (χ2n) is 5.04. The Morgan fingerprint density at radius 3 is 2.88 bits per heavy atom. The standard InChI is InChI=1S/C14H23N3/c1-12(11-17-8-3-4-9-17)16-10-14-6-5-7-15-13(14)2/h5-7,12,16H,3-4,8-11H2,1-2H3. The van der Waals surface area contributed by atoms with Crippen LogP contribution >= 0.6 is 0 Å². The summed E-state index contributed by atoms with van der Waals surface area (Å²) < 4.78 is 0. The SMILES string of the molecule is Cc1ncccc1CNC(C)CN1CCCC1. The molecule has 1 aromatic heterocycles. The van der Waals surface area contributed by atoms with Gasteiger partial charge in [-0.3, -0.25) is 4.98 Å². The molecule has 3 heteroatoms. The van der Waals surface area contributed by atoms with Crippen LogP contribution < -0.4 is 5.32 Å². The van der Waals surface area contributed by atoms with Gasteiger partial charge in [-0.25, -0.2) is 0 Å². The van der Waals surface area contributed by atoms with Gasteiger partial charge in [0.2, 0.25) is 0 Å². The van der Waals surface area contributed by atoms with Gasteiger partial charge in [-0.15, -0.1) is 0 Å². The minimum absolute atomic E-state index is 0.549. The number of hydrogen-bond donors (Lipinski definition) is 1. The molecule has 0 radical (unpaired) electrons. The minimum atomic E-state index is 0.549. The number of likely N-dealkylation sites (tertiary alicyclic amines) is 1. The van der Waals surface area contributed by atoms with Crippen molar-refractivity contribution in [1.82, 2.24) is 15.2 Å². The monoisotopic (exact) mass is 233 g/mol. The molecule has 0 aromatic carbocycles. The molecule has 0 bridgehead atoms. The van der Waals surface area contributed by atoms with Crippen molar-refractivity contribution < 1.29 is 0 Å². The molecule has 0 amide bonds. The molecule has 3 nitrogen and oxygen atoms in total. The highest BCUT2D eigenvalue weighted by atomic mass is 15.2. The van der Waals surface area contributed by atoms with E-state index >= 15 is 0 Å². The summed E-state index contributed by atoms with van der Waals surface area (Å²) in [7, 11) is 0. The molecule has 2 heterocycles. The van der Waals surface area contributed by atoms with Crippen molar-refractivity contribution in [3.63, 3.8) is 0 Å². The van der Waals surface area contributed by atoms with Crippen molar-refractivity contribution in [3.05, 3.63) is 29.6 Å². The van der Waals surface area contributed by atoms with Gasteiger partial charge in [0.25, 0.3) is 0 Å². The molecule has 1 N–H and O–H groups in total. The third kappa shape index (κ3) is 3.79. The predicted octanol–water partition coefficient (Wildman–Crippen LogP) is 1.96. The Morgan fingerprint density at radius 1 is 1.41 bits per heavy atom. The van der Waals surface area contributed by atoms with Gasteiger partial charge >= 0.3 is 0 Å². The van der Waals surface area contributed by atoms with Crippen LogP contribution in [0, 0.1) is 6.92 Å². The topological polar surface area (TPSA) is 28.2 Å². The molecule has 1 aliphatic rings. The summed E-state index contributed by atoms with van der Waals surface area (Å²) >= 11 is 0. The first kappa shape index (κ1) is 12.5. The number of aromatic nitrogens is 1. The molecule has 1 fully saturated rings. The number of hydrogen-bond acceptors (Lipinski definition) is 3. The molecule has 0 aliphatic carbocycles. The van der Waals surface area contributed by atoms with E-state index in [-0.39, 0.29) is 0 Å². The summed E-state index contributed by atoms with van der Waals surface area (Å²) in [6.45, 7) is 8.98. The fourth-order valence-corrected chi connectivity index (χ4v) is 2.41. The van der Waals surface area contributed by atoms with Crippen LogP contribution in [0.25, 0.3) is 0 Å². The van der Waals surface area contributed by atoms with Gasteiger partial charge in [0.05, 0.1) is 0 Å². The average molecular weight is 233 g/mol. The summed E-state index contributed by atoms with van der Waals surface area (Å²) in [4.78, 5) is 6.86. The first-order valence-electron chi connectivity index (χ1n) is 6.62. The molecule has 94 valence electrons. The fraction of sp³-hybridized carbons (Fsp3) is 0.643. The lowest BCUT2D eigenvalue weighted by Gasteiger charge is -2.21. The smallest absolute Gasteiger partial charge is 0.0417 e. The molecule has 1 aromatic rings. The van der Waals surface area contributed by atoms with Crippen LogP contribution in [-0.4, -0.2) is 35.6 Å². The highest BCUT2D eigenvalue weighted by Gasteiger charge is 2.14. The minimum Gasteiger partial charge on any atom is -0.309 e. The number of nitrogens with one attached hydrogen (secondary N) is 1.